The van der Waals surface area contributed by atoms with E-state index in [1.807, 2.05) is 31.2 Å². The number of nitrogens with two attached hydrogens (primary N) is 1. The second-order valence-corrected chi connectivity index (χ2v) is 5.24. The van der Waals surface area contributed by atoms with E-state index in [1.54, 1.807) is 12.1 Å². The lowest BCUT2D eigenvalue weighted by atomic mass is 10.1. The summed E-state index contributed by atoms with van der Waals surface area (Å²) in [6.07, 6.45) is 0.794. The number of hydrogen-bond donors (Lipinski definition) is 1. The molecule has 0 radical (unpaired) electrons. The van der Waals surface area contributed by atoms with Crippen LogP contribution in [-0.2, 0) is 6.42 Å². The number of nitrogen functional groups attached to an aromatic ring is 1. The number of para-hydroxylation sites is 1. The summed E-state index contributed by atoms with van der Waals surface area (Å²) >= 11 is 6.31. The minimum atomic E-state index is -0.532. The second-order valence-electron chi connectivity index (χ2n) is 4.86. The summed E-state index contributed by atoms with van der Waals surface area (Å²) in [6.45, 7) is 2.02. The first kappa shape index (κ1) is 14.5. The van der Waals surface area contributed by atoms with E-state index in [0.717, 1.165) is 12.0 Å². The quantitative estimate of drug-likeness (QED) is 0.728. The van der Waals surface area contributed by atoms with E-state index in [2.05, 4.69) is 0 Å². The Morgan fingerprint density at radius 2 is 1.95 bits per heavy atom. The van der Waals surface area contributed by atoms with Gasteiger partial charge in [0.25, 0.3) is 0 Å². The minimum Gasteiger partial charge on any atom is -0.425 e. The summed E-state index contributed by atoms with van der Waals surface area (Å²) in [5.74, 6) is 0.606. The first-order chi connectivity index (χ1) is 10.6. The monoisotopic (exact) mass is 315 g/mol. The molecule has 0 unspecified atom stereocenters. The van der Waals surface area contributed by atoms with Gasteiger partial charge in [-0.25, -0.2) is 4.79 Å². The molecule has 112 valence electrons. The van der Waals surface area contributed by atoms with Gasteiger partial charge >= 0.3 is 11.6 Å². The van der Waals surface area contributed by atoms with Gasteiger partial charge in [-0.2, -0.15) is 0 Å². The maximum absolute atomic E-state index is 12.1. The van der Waals surface area contributed by atoms with Gasteiger partial charge in [-0.05, 0) is 30.2 Å². The van der Waals surface area contributed by atoms with E-state index in [1.165, 1.54) is 6.07 Å². The molecule has 3 aromatic rings. The summed E-state index contributed by atoms with van der Waals surface area (Å²) < 4.78 is 10.9. The highest BCUT2D eigenvalue weighted by atomic mass is 35.5. The van der Waals surface area contributed by atoms with Gasteiger partial charge in [0, 0.05) is 11.1 Å². The van der Waals surface area contributed by atoms with Gasteiger partial charge in [-0.3, -0.25) is 0 Å². The molecular formula is C17H14ClNO3. The smallest absolute Gasteiger partial charge is 0.346 e. The first-order valence-electron chi connectivity index (χ1n) is 6.87. The highest BCUT2D eigenvalue weighted by molar-refractivity contribution is 6.36. The number of aryl methyl sites for hydroxylation is 1. The van der Waals surface area contributed by atoms with Gasteiger partial charge < -0.3 is 14.9 Å². The molecule has 0 bridgehead atoms. The van der Waals surface area contributed by atoms with Crippen LogP contribution in [0.3, 0.4) is 0 Å². The van der Waals surface area contributed by atoms with E-state index >= 15 is 0 Å². The fourth-order valence-corrected chi connectivity index (χ4v) is 2.52. The third kappa shape index (κ3) is 2.53. The number of anilines is 1. The molecule has 0 aliphatic rings. The highest BCUT2D eigenvalue weighted by Gasteiger charge is 2.15. The fraction of sp³-hybridized carbons (Fsp3) is 0.118. The van der Waals surface area contributed by atoms with Crippen molar-refractivity contribution in [3.63, 3.8) is 0 Å². The zero-order valence-electron chi connectivity index (χ0n) is 11.9. The largest absolute Gasteiger partial charge is 0.425 e. The van der Waals surface area contributed by atoms with Crippen molar-refractivity contribution < 1.29 is 9.15 Å². The maximum Gasteiger partial charge on any atom is 0.346 e. The van der Waals surface area contributed by atoms with Crippen LogP contribution >= 0.6 is 11.6 Å². The number of benzene rings is 2. The van der Waals surface area contributed by atoms with Crippen LogP contribution in [0.1, 0.15) is 12.5 Å². The van der Waals surface area contributed by atoms with Gasteiger partial charge in [0.15, 0.2) is 0 Å². The van der Waals surface area contributed by atoms with Gasteiger partial charge in [0.1, 0.15) is 10.8 Å². The topological polar surface area (TPSA) is 65.5 Å². The highest BCUT2D eigenvalue weighted by Crippen LogP contribution is 2.35. The molecule has 1 aromatic heterocycles. The number of ether oxygens (including phenoxy) is 1. The number of rotatable bonds is 3. The normalized spacial score (nSPS) is 10.8. The average molecular weight is 316 g/mol. The lowest BCUT2D eigenvalue weighted by Crippen LogP contribution is -2.03. The maximum atomic E-state index is 12.1. The predicted molar refractivity (Wildman–Crippen MR) is 87.8 cm³/mol. The zero-order chi connectivity index (χ0) is 15.7. The van der Waals surface area contributed by atoms with E-state index in [-0.39, 0.29) is 11.0 Å². The summed E-state index contributed by atoms with van der Waals surface area (Å²) in [6, 6.07) is 12.4. The Kier molecular flexibility index (Phi) is 3.77. The van der Waals surface area contributed by atoms with Crippen molar-refractivity contribution in [2.24, 2.45) is 0 Å². The molecule has 0 atom stereocenters. The molecule has 2 N–H and O–H groups in total. The molecule has 0 spiro atoms. The van der Waals surface area contributed by atoms with Crippen molar-refractivity contribution in [2.75, 3.05) is 5.73 Å². The van der Waals surface area contributed by atoms with Crippen LogP contribution in [0, 0.1) is 0 Å². The molecule has 0 amide bonds. The molecule has 0 fully saturated rings. The van der Waals surface area contributed by atoms with Crippen molar-refractivity contribution in [3.8, 4) is 11.7 Å². The van der Waals surface area contributed by atoms with Crippen molar-refractivity contribution in [2.45, 2.75) is 13.3 Å². The third-order valence-corrected chi connectivity index (χ3v) is 3.78. The van der Waals surface area contributed by atoms with Crippen LogP contribution in [0.15, 0.2) is 51.7 Å². The average Bonchev–Trinajstić information content (AvgIpc) is 2.53. The molecule has 4 nitrogen and oxygen atoms in total. The van der Waals surface area contributed by atoms with Crippen molar-refractivity contribution in [3.05, 3.63) is 63.5 Å². The van der Waals surface area contributed by atoms with Gasteiger partial charge in [0.05, 0.1) is 5.39 Å². The van der Waals surface area contributed by atoms with Crippen molar-refractivity contribution >= 4 is 28.1 Å². The van der Waals surface area contributed by atoms with Crippen LogP contribution < -0.4 is 16.1 Å². The first-order valence-corrected chi connectivity index (χ1v) is 7.25. The Morgan fingerprint density at radius 3 is 2.73 bits per heavy atom. The Hall–Kier alpha value is -2.46. The third-order valence-electron chi connectivity index (χ3n) is 3.42. The molecule has 3 rings (SSSR count). The molecule has 0 aliphatic carbocycles. The van der Waals surface area contributed by atoms with E-state index in [4.69, 9.17) is 26.5 Å². The molecule has 5 heteroatoms. The van der Waals surface area contributed by atoms with Crippen LogP contribution in [0.2, 0.25) is 5.02 Å². The molecule has 0 saturated heterocycles. The summed E-state index contributed by atoms with van der Waals surface area (Å²) in [7, 11) is 0. The fourth-order valence-electron chi connectivity index (χ4n) is 2.28. The molecular weight excluding hydrogens is 302 g/mol. The van der Waals surface area contributed by atoms with Crippen molar-refractivity contribution in [1.29, 1.82) is 0 Å². The van der Waals surface area contributed by atoms with Crippen molar-refractivity contribution in [1.82, 2.24) is 0 Å². The van der Waals surface area contributed by atoms with Crippen LogP contribution in [0.5, 0.6) is 11.7 Å². The van der Waals surface area contributed by atoms with E-state index in [9.17, 15) is 4.79 Å². The lowest BCUT2D eigenvalue weighted by molar-refractivity contribution is 0.325. The Balaban J connectivity index is 2.14. The second kappa shape index (κ2) is 5.73. The summed E-state index contributed by atoms with van der Waals surface area (Å²) in [5.41, 5.74) is 6.63. The van der Waals surface area contributed by atoms with Crippen LogP contribution in [0.4, 0.5) is 5.69 Å². The standard InChI is InChI=1S/C17H14ClNO3/c1-2-10-5-3-4-6-14(10)21-17-15(18)12-8-7-11(19)9-13(12)16(20)22-17/h3-9H,2,19H2,1H3. The summed E-state index contributed by atoms with van der Waals surface area (Å²) in [5, 5.41) is 1.14. The SMILES string of the molecule is CCc1ccccc1Oc1oc(=O)c2cc(N)ccc2c1Cl. The van der Waals surface area contributed by atoms with Gasteiger partial charge in [-0.1, -0.05) is 42.8 Å². The lowest BCUT2D eigenvalue weighted by Gasteiger charge is -2.10. The van der Waals surface area contributed by atoms with Gasteiger partial charge in [-0.15, -0.1) is 0 Å². The molecule has 0 saturated carbocycles. The van der Waals surface area contributed by atoms with Crippen LogP contribution in [0.25, 0.3) is 10.8 Å². The van der Waals surface area contributed by atoms with Gasteiger partial charge in [0.2, 0.25) is 0 Å². The number of fused-ring (bicyclic) bond motifs is 1. The molecule has 0 aliphatic heterocycles. The molecule has 1 heterocycles. The number of hydrogen-bond acceptors (Lipinski definition) is 4. The number of halogens is 1. The Bertz CT molecular complexity index is 902. The zero-order valence-corrected chi connectivity index (χ0v) is 12.7. The summed E-state index contributed by atoms with van der Waals surface area (Å²) in [4.78, 5) is 12.1. The molecule has 2 aromatic carbocycles. The minimum absolute atomic E-state index is 0.00941. The predicted octanol–water partition coefficient (Wildman–Crippen LogP) is 4.38. The van der Waals surface area contributed by atoms with E-state index < -0.39 is 5.63 Å². The van der Waals surface area contributed by atoms with Crippen LogP contribution in [-0.4, -0.2) is 0 Å². The molecule has 22 heavy (non-hydrogen) atoms. The van der Waals surface area contributed by atoms with E-state index in [0.29, 0.717) is 22.2 Å². The Labute approximate surface area is 132 Å². The Morgan fingerprint density at radius 1 is 1.18 bits per heavy atom.